The highest BCUT2D eigenvalue weighted by atomic mass is 16.4. The van der Waals surface area contributed by atoms with Gasteiger partial charge in [0.15, 0.2) is 0 Å². The maximum Gasteiger partial charge on any atom is 0.341 e. The van der Waals surface area contributed by atoms with Crippen molar-refractivity contribution in [1.29, 1.82) is 5.41 Å². The van der Waals surface area contributed by atoms with Crippen molar-refractivity contribution in [2.75, 3.05) is 17.7 Å². The third-order valence-corrected chi connectivity index (χ3v) is 6.32. The summed E-state index contributed by atoms with van der Waals surface area (Å²) in [7, 11) is 1.75. The van der Waals surface area contributed by atoms with Crippen molar-refractivity contribution < 1.29 is 14.7 Å². The Morgan fingerprint density at radius 1 is 1.19 bits per heavy atom. The van der Waals surface area contributed by atoms with Gasteiger partial charge in [-0.2, -0.15) is 0 Å². The number of hydrogen-bond donors (Lipinski definition) is 5. The van der Waals surface area contributed by atoms with Crippen LogP contribution in [-0.2, 0) is 5.41 Å². The van der Waals surface area contributed by atoms with Gasteiger partial charge >= 0.3 is 5.97 Å². The van der Waals surface area contributed by atoms with Crippen LogP contribution in [0.1, 0.15) is 58.0 Å². The van der Waals surface area contributed by atoms with E-state index < -0.39 is 17.4 Å². The molecule has 0 atom stereocenters. The number of aromatic carboxylic acids is 1. The predicted octanol–water partition coefficient (Wildman–Crippen LogP) is 3.96. The Labute approximate surface area is 184 Å². The minimum atomic E-state index is -1.32. The number of H-pyrrole nitrogens is 1. The second-order valence-corrected chi connectivity index (χ2v) is 8.33. The van der Waals surface area contributed by atoms with Gasteiger partial charge in [0.2, 0.25) is 0 Å². The number of carbonyl (C=O) groups excluding carboxylic acids is 1. The molecule has 1 amide bonds. The summed E-state index contributed by atoms with van der Waals surface area (Å²) in [4.78, 5) is 39.9. The molecule has 0 saturated heterocycles. The Morgan fingerprint density at radius 2 is 1.94 bits per heavy atom. The Morgan fingerprint density at radius 3 is 2.53 bits per heavy atom. The van der Waals surface area contributed by atoms with Crippen molar-refractivity contribution in [2.24, 2.45) is 0 Å². The standard InChI is InChI=1S/C24H24N4O4/c1-24(8-3-9-24)17-6-4-13-11-16(23(31)32)21(29)28-20(13)19(17)22(30)27-15-5-7-18(26-2)14(10-15)12-25/h4-7,10-12,25-26H,3,8-9H2,1-2H3,(H,27,30)(H,28,29)(H,31,32). The Hall–Kier alpha value is -3.94. The normalized spacial score (nSPS) is 14.4. The van der Waals surface area contributed by atoms with Crippen molar-refractivity contribution in [3.8, 4) is 0 Å². The molecule has 0 bridgehead atoms. The fraction of sp³-hybridized carbons (Fsp3) is 0.250. The number of rotatable bonds is 6. The van der Waals surface area contributed by atoms with Crippen LogP contribution < -0.4 is 16.2 Å². The number of nitrogens with one attached hydrogen (secondary N) is 4. The SMILES string of the molecule is CNc1ccc(NC(=O)c2c(C3(C)CCC3)ccc3cc(C(=O)O)c(=O)[nH]c23)cc1C=N. The molecule has 1 aromatic heterocycles. The van der Waals surface area contributed by atoms with Crippen LogP contribution in [0.5, 0.6) is 0 Å². The van der Waals surface area contributed by atoms with E-state index in [-0.39, 0.29) is 11.0 Å². The first kappa shape index (κ1) is 21.3. The van der Waals surface area contributed by atoms with Crippen molar-refractivity contribution in [2.45, 2.75) is 31.6 Å². The summed E-state index contributed by atoms with van der Waals surface area (Å²) in [6, 6.07) is 10.1. The van der Waals surface area contributed by atoms with Crippen LogP contribution in [0.25, 0.3) is 10.9 Å². The molecule has 0 spiro atoms. The Bertz CT molecular complexity index is 1320. The average molecular weight is 432 g/mol. The first-order valence-electron chi connectivity index (χ1n) is 10.3. The fourth-order valence-electron chi connectivity index (χ4n) is 4.33. The number of fused-ring (bicyclic) bond motifs is 1. The van der Waals surface area contributed by atoms with Gasteiger partial charge in [0.25, 0.3) is 11.5 Å². The van der Waals surface area contributed by atoms with E-state index in [2.05, 4.69) is 22.5 Å². The number of amides is 1. The zero-order valence-corrected chi connectivity index (χ0v) is 17.8. The molecular weight excluding hydrogens is 408 g/mol. The average Bonchev–Trinajstić information content (AvgIpc) is 2.75. The number of aromatic nitrogens is 1. The summed E-state index contributed by atoms with van der Waals surface area (Å²) < 4.78 is 0. The van der Waals surface area contributed by atoms with Crippen molar-refractivity contribution in [3.05, 3.63) is 69.0 Å². The van der Waals surface area contributed by atoms with E-state index in [1.54, 1.807) is 31.3 Å². The highest BCUT2D eigenvalue weighted by Gasteiger charge is 2.37. The minimum Gasteiger partial charge on any atom is -0.477 e. The summed E-state index contributed by atoms with van der Waals surface area (Å²) in [6.07, 6.45) is 4.10. The molecule has 0 radical (unpaired) electrons. The van der Waals surface area contributed by atoms with Crippen LogP contribution in [0.2, 0.25) is 0 Å². The third-order valence-electron chi connectivity index (χ3n) is 6.32. The molecule has 1 saturated carbocycles. The van der Waals surface area contributed by atoms with Crippen molar-refractivity contribution >= 4 is 40.4 Å². The monoisotopic (exact) mass is 432 g/mol. The second kappa shape index (κ2) is 7.96. The van der Waals surface area contributed by atoms with Gasteiger partial charge in [-0.25, -0.2) is 4.79 Å². The molecule has 1 heterocycles. The lowest BCUT2D eigenvalue weighted by molar-refractivity contribution is 0.0695. The van der Waals surface area contributed by atoms with Crippen molar-refractivity contribution in [3.63, 3.8) is 0 Å². The van der Waals surface area contributed by atoms with E-state index in [0.29, 0.717) is 27.7 Å². The van der Waals surface area contributed by atoms with Crippen LogP contribution in [0.3, 0.4) is 0 Å². The number of anilines is 2. The molecule has 1 aliphatic rings. The second-order valence-electron chi connectivity index (χ2n) is 8.33. The number of carboxylic acids is 1. The lowest BCUT2D eigenvalue weighted by Crippen LogP contribution is -2.33. The first-order valence-corrected chi connectivity index (χ1v) is 10.3. The highest BCUT2D eigenvalue weighted by Crippen LogP contribution is 2.45. The summed E-state index contributed by atoms with van der Waals surface area (Å²) >= 11 is 0. The van der Waals surface area contributed by atoms with Crippen LogP contribution >= 0.6 is 0 Å². The third kappa shape index (κ3) is 3.53. The number of carbonyl (C=O) groups is 2. The molecule has 32 heavy (non-hydrogen) atoms. The summed E-state index contributed by atoms with van der Waals surface area (Å²) in [6.45, 7) is 2.09. The van der Waals surface area contributed by atoms with Crippen LogP contribution in [0, 0.1) is 5.41 Å². The van der Waals surface area contributed by atoms with Gasteiger partial charge in [0, 0.05) is 30.2 Å². The van der Waals surface area contributed by atoms with E-state index >= 15 is 0 Å². The van der Waals surface area contributed by atoms with Gasteiger partial charge in [-0.05, 0) is 53.5 Å². The molecule has 5 N–H and O–H groups in total. The van der Waals surface area contributed by atoms with E-state index in [1.165, 1.54) is 12.3 Å². The molecule has 164 valence electrons. The predicted molar refractivity (Wildman–Crippen MR) is 125 cm³/mol. The number of aromatic amines is 1. The maximum absolute atomic E-state index is 13.5. The molecule has 2 aromatic carbocycles. The smallest absolute Gasteiger partial charge is 0.341 e. The lowest BCUT2D eigenvalue weighted by atomic mass is 9.64. The van der Waals surface area contributed by atoms with E-state index in [9.17, 15) is 19.5 Å². The van der Waals surface area contributed by atoms with Crippen LogP contribution in [0.4, 0.5) is 11.4 Å². The molecule has 8 heteroatoms. The first-order chi connectivity index (χ1) is 15.3. The molecule has 8 nitrogen and oxygen atoms in total. The minimum absolute atomic E-state index is 0.195. The fourth-order valence-corrected chi connectivity index (χ4v) is 4.33. The summed E-state index contributed by atoms with van der Waals surface area (Å²) in [5, 5.41) is 23.3. The van der Waals surface area contributed by atoms with Crippen molar-refractivity contribution in [1.82, 2.24) is 4.98 Å². The van der Waals surface area contributed by atoms with E-state index in [1.807, 2.05) is 6.07 Å². The van der Waals surface area contributed by atoms with E-state index in [4.69, 9.17) is 5.41 Å². The van der Waals surface area contributed by atoms with Gasteiger partial charge in [-0.3, -0.25) is 9.59 Å². The van der Waals surface area contributed by atoms with E-state index in [0.717, 1.165) is 30.5 Å². The topological polar surface area (TPSA) is 135 Å². The van der Waals surface area contributed by atoms with Crippen LogP contribution in [0.15, 0.2) is 41.2 Å². The van der Waals surface area contributed by atoms with Gasteiger partial charge in [0.1, 0.15) is 5.56 Å². The molecule has 1 aliphatic carbocycles. The van der Waals surface area contributed by atoms with Gasteiger partial charge in [-0.1, -0.05) is 25.5 Å². The molecule has 4 rings (SSSR count). The quantitative estimate of drug-likeness (QED) is 0.376. The molecule has 0 aliphatic heterocycles. The Balaban J connectivity index is 1.87. The summed E-state index contributed by atoms with van der Waals surface area (Å²) in [5.41, 5.74) is 2.06. The number of hydrogen-bond acceptors (Lipinski definition) is 5. The zero-order valence-electron chi connectivity index (χ0n) is 17.8. The molecular formula is C24H24N4O4. The van der Waals surface area contributed by atoms with Gasteiger partial charge < -0.3 is 26.1 Å². The maximum atomic E-state index is 13.5. The molecule has 3 aromatic rings. The van der Waals surface area contributed by atoms with Gasteiger partial charge in [0.05, 0.1) is 11.1 Å². The highest BCUT2D eigenvalue weighted by molar-refractivity contribution is 6.14. The largest absolute Gasteiger partial charge is 0.477 e. The van der Waals surface area contributed by atoms with Crippen LogP contribution in [-0.4, -0.2) is 35.2 Å². The number of benzene rings is 2. The molecule has 1 fully saturated rings. The molecule has 0 unspecified atom stereocenters. The number of pyridine rings is 1. The lowest BCUT2D eigenvalue weighted by Gasteiger charge is -2.40. The Kier molecular flexibility index (Phi) is 5.30. The van der Waals surface area contributed by atoms with Gasteiger partial charge in [-0.15, -0.1) is 0 Å². The zero-order chi connectivity index (χ0) is 23.0. The summed E-state index contributed by atoms with van der Waals surface area (Å²) in [5.74, 6) is -1.72. The number of carboxylic acid groups (broad SMARTS) is 1.